The van der Waals surface area contributed by atoms with Crippen molar-refractivity contribution in [2.45, 2.75) is 6.18 Å². The molecule has 0 saturated heterocycles. The largest absolute Gasteiger partial charge is 0.417 e. The molecule has 5 nitrogen and oxygen atoms in total. The summed E-state index contributed by atoms with van der Waals surface area (Å²) < 4.78 is 42.7. The lowest BCUT2D eigenvalue weighted by atomic mass is 9.98. The van der Waals surface area contributed by atoms with Crippen molar-refractivity contribution in [3.05, 3.63) is 94.5 Å². The van der Waals surface area contributed by atoms with Crippen LogP contribution in [0.25, 0.3) is 22.0 Å². The number of halogens is 3. The molecule has 0 radical (unpaired) electrons. The van der Waals surface area contributed by atoms with Crippen LogP contribution in [0.1, 0.15) is 15.9 Å². The fourth-order valence-corrected chi connectivity index (χ4v) is 3.42. The van der Waals surface area contributed by atoms with Crippen LogP contribution in [-0.4, -0.2) is 15.5 Å². The molecule has 156 valence electrons. The van der Waals surface area contributed by atoms with Gasteiger partial charge in [0.05, 0.1) is 16.5 Å². The van der Waals surface area contributed by atoms with E-state index >= 15 is 0 Å². The highest BCUT2D eigenvalue weighted by Crippen LogP contribution is 2.38. The number of fused-ring (bicyclic) bond motifs is 1. The highest BCUT2D eigenvalue weighted by molar-refractivity contribution is 6.05. The summed E-state index contributed by atoms with van der Waals surface area (Å²) in [4.78, 5) is 29.3. The standard InChI is InChI=1S/C23H16F3N3O2/c1-29-13-18(21(30)17-12-27-10-9-20(17)29)22(31)28-15-7-8-16(14-5-3-2-4-6-14)19(11-15)23(24,25)26/h2-13H,1H3,(H,28,31). The van der Waals surface area contributed by atoms with Gasteiger partial charge in [-0.1, -0.05) is 36.4 Å². The number of hydrogen-bond donors (Lipinski definition) is 1. The Morgan fingerprint density at radius 2 is 1.81 bits per heavy atom. The van der Waals surface area contributed by atoms with Crippen molar-refractivity contribution in [1.82, 2.24) is 9.55 Å². The van der Waals surface area contributed by atoms with E-state index in [1.54, 1.807) is 48.0 Å². The van der Waals surface area contributed by atoms with E-state index in [0.29, 0.717) is 11.1 Å². The first-order valence-corrected chi connectivity index (χ1v) is 9.27. The van der Waals surface area contributed by atoms with Crippen LogP contribution in [0.4, 0.5) is 18.9 Å². The first-order valence-electron chi connectivity index (χ1n) is 9.27. The van der Waals surface area contributed by atoms with Gasteiger partial charge in [0.1, 0.15) is 5.56 Å². The third-order valence-electron chi connectivity index (χ3n) is 4.90. The molecule has 0 aliphatic rings. The van der Waals surface area contributed by atoms with Crippen LogP contribution in [0.5, 0.6) is 0 Å². The minimum atomic E-state index is -4.63. The topological polar surface area (TPSA) is 64.0 Å². The minimum absolute atomic E-state index is 0.00112. The van der Waals surface area contributed by atoms with Crippen LogP contribution in [-0.2, 0) is 13.2 Å². The Hall–Kier alpha value is -3.94. The Morgan fingerprint density at radius 1 is 1.06 bits per heavy atom. The van der Waals surface area contributed by atoms with Crippen LogP contribution in [0.2, 0.25) is 0 Å². The molecule has 0 atom stereocenters. The van der Waals surface area contributed by atoms with E-state index in [4.69, 9.17) is 0 Å². The van der Waals surface area contributed by atoms with Crippen LogP contribution in [0, 0.1) is 0 Å². The summed E-state index contributed by atoms with van der Waals surface area (Å²) in [7, 11) is 1.66. The molecule has 8 heteroatoms. The number of nitrogens with one attached hydrogen (secondary N) is 1. The molecule has 0 bridgehead atoms. The van der Waals surface area contributed by atoms with Gasteiger partial charge in [-0.05, 0) is 29.3 Å². The number of benzene rings is 2. The van der Waals surface area contributed by atoms with Gasteiger partial charge in [0.15, 0.2) is 0 Å². The molecular weight excluding hydrogens is 407 g/mol. The van der Waals surface area contributed by atoms with Crippen LogP contribution >= 0.6 is 0 Å². The molecule has 0 aliphatic heterocycles. The van der Waals surface area contributed by atoms with Gasteiger partial charge in [-0.2, -0.15) is 13.2 Å². The molecule has 0 saturated carbocycles. The number of anilines is 1. The maximum Gasteiger partial charge on any atom is 0.417 e. The van der Waals surface area contributed by atoms with E-state index in [1.165, 1.54) is 30.7 Å². The molecule has 0 unspecified atom stereocenters. The molecule has 2 aromatic carbocycles. The summed E-state index contributed by atoms with van der Waals surface area (Å²) in [6, 6.07) is 13.4. The van der Waals surface area contributed by atoms with Crippen molar-refractivity contribution in [3.63, 3.8) is 0 Å². The second kappa shape index (κ2) is 7.71. The quantitative estimate of drug-likeness (QED) is 0.511. The average Bonchev–Trinajstić information content (AvgIpc) is 2.76. The molecule has 4 rings (SSSR count). The van der Waals surface area contributed by atoms with Crippen molar-refractivity contribution in [2.24, 2.45) is 7.05 Å². The number of aromatic nitrogens is 2. The zero-order valence-electron chi connectivity index (χ0n) is 16.3. The number of carbonyl (C=O) groups excluding carboxylic acids is 1. The van der Waals surface area contributed by atoms with Crippen molar-refractivity contribution in [2.75, 3.05) is 5.32 Å². The number of amides is 1. The predicted octanol–water partition coefficient (Wildman–Crippen LogP) is 4.87. The highest BCUT2D eigenvalue weighted by atomic mass is 19.4. The highest BCUT2D eigenvalue weighted by Gasteiger charge is 2.34. The number of hydrogen-bond acceptors (Lipinski definition) is 3. The number of alkyl halides is 3. The SMILES string of the molecule is Cn1cc(C(=O)Nc2ccc(-c3ccccc3)c(C(F)(F)F)c2)c(=O)c2cnccc21. The van der Waals surface area contributed by atoms with E-state index in [0.717, 1.165) is 6.07 Å². The minimum Gasteiger partial charge on any atom is -0.349 e. The van der Waals surface area contributed by atoms with Crippen molar-refractivity contribution in [1.29, 1.82) is 0 Å². The zero-order valence-corrected chi connectivity index (χ0v) is 16.3. The molecule has 1 N–H and O–H groups in total. The van der Waals surface area contributed by atoms with E-state index < -0.39 is 23.1 Å². The molecular formula is C23H16F3N3O2. The smallest absolute Gasteiger partial charge is 0.349 e. The second-order valence-electron chi connectivity index (χ2n) is 6.95. The number of pyridine rings is 2. The number of rotatable bonds is 3. The summed E-state index contributed by atoms with van der Waals surface area (Å²) in [5, 5.41) is 2.65. The molecule has 0 spiro atoms. The zero-order chi connectivity index (χ0) is 22.2. The first-order chi connectivity index (χ1) is 14.8. The second-order valence-corrected chi connectivity index (χ2v) is 6.95. The molecule has 0 aliphatic carbocycles. The van der Waals surface area contributed by atoms with Gasteiger partial charge < -0.3 is 9.88 Å². The monoisotopic (exact) mass is 423 g/mol. The number of carbonyl (C=O) groups is 1. The molecule has 2 heterocycles. The fourth-order valence-electron chi connectivity index (χ4n) is 3.42. The lowest BCUT2D eigenvalue weighted by molar-refractivity contribution is -0.137. The lowest BCUT2D eigenvalue weighted by Crippen LogP contribution is -2.23. The van der Waals surface area contributed by atoms with Crippen molar-refractivity contribution < 1.29 is 18.0 Å². The van der Waals surface area contributed by atoms with Crippen LogP contribution < -0.4 is 10.7 Å². The number of aryl methyl sites for hydroxylation is 1. The maximum absolute atomic E-state index is 13.7. The van der Waals surface area contributed by atoms with Gasteiger partial charge in [0.25, 0.3) is 5.91 Å². The van der Waals surface area contributed by atoms with Gasteiger partial charge >= 0.3 is 6.18 Å². The summed E-state index contributed by atoms with van der Waals surface area (Å²) in [5.74, 6) is -0.799. The Morgan fingerprint density at radius 3 is 2.52 bits per heavy atom. The summed E-state index contributed by atoms with van der Waals surface area (Å²) >= 11 is 0. The van der Waals surface area contributed by atoms with E-state index in [1.807, 2.05) is 0 Å². The molecule has 31 heavy (non-hydrogen) atoms. The summed E-state index contributed by atoms with van der Waals surface area (Å²) in [5.41, 5.74) is -0.692. The third kappa shape index (κ3) is 3.92. The first kappa shape index (κ1) is 20.3. The molecule has 4 aromatic rings. The molecule has 0 fully saturated rings. The summed E-state index contributed by atoms with van der Waals surface area (Å²) in [6.45, 7) is 0. The molecule has 2 aromatic heterocycles. The van der Waals surface area contributed by atoms with Crippen LogP contribution in [0.15, 0.2) is 78.0 Å². The van der Waals surface area contributed by atoms with Gasteiger partial charge in [-0.25, -0.2) is 0 Å². The average molecular weight is 423 g/mol. The number of nitrogens with zero attached hydrogens (tertiary/aromatic N) is 2. The maximum atomic E-state index is 13.7. The Balaban J connectivity index is 1.73. The predicted molar refractivity (Wildman–Crippen MR) is 112 cm³/mol. The van der Waals surface area contributed by atoms with Gasteiger partial charge in [-0.15, -0.1) is 0 Å². The Labute approximate surface area is 174 Å². The summed E-state index contributed by atoms with van der Waals surface area (Å²) in [6.07, 6.45) is -0.404. The van der Waals surface area contributed by atoms with E-state index in [2.05, 4.69) is 10.3 Å². The third-order valence-corrected chi connectivity index (χ3v) is 4.90. The van der Waals surface area contributed by atoms with E-state index in [-0.39, 0.29) is 22.2 Å². The van der Waals surface area contributed by atoms with Gasteiger partial charge in [-0.3, -0.25) is 14.6 Å². The molecule has 1 amide bonds. The van der Waals surface area contributed by atoms with Crippen molar-refractivity contribution in [3.8, 4) is 11.1 Å². The van der Waals surface area contributed by atoms with Gasteiger partial charge in [0.2, 0.25) is 5.43 Å². The fraction of sp³-hybridized carbons (Fsp3) is 0.0870. The van der Waals surface area contributed by atoms with E-state index in [9.17, 15) is 22.8 Å². The van der Waals surface area contributed by atoms with Crippen LogP contribution in [0.3, 0.4) is 0 Å². The Bertz CT molecular complexity index is 1350. The Kier molecular flexibility index (Phi) is 5.06. The van der Waals surface area contributed by atoms with Crippen molar-refractivity contribution >= 4 is 22.5 Å². The van der Waals surface area contributed by atoms with Gasteiger partial charge in [0, 0.05) is 31.3 Å². The normalized spacial score (nSPS) is 11.5. The lowest BCUT2D eigenvalue weighted by Gasteiger charge is -2.15.